The van der Waals surface area contributed by atoms with Gasteiger partial charge in [0.05, 0.1) is 5.41 Å². The van der Waals surface area contributed by atoms with E-state index in [1.165, 1.54) is 25.7 Å². The highest BCUT2D eigenvalue weighted by Gasteiger charge is 2.73. The second-order valence-corrected chi connectivity index (χ2v) is 12.2. The number of hydrogen-bond donors (Lipinski definition) is 0. The fourth-order valence-electron chi connectivity index (χ4n) is 6.14. The summed E-state index contributed by atoms with van der Waals surface area (Å²) >= 11 is 0. The molecule has 0 spiro atoms. The highest BCUT2D eigenvalue weighted by Crippen LogP contribution is 2.70. The van der Waals surface area contributed by atoms with Crippen LogP contribution in [0.25, 0.3) is 11.5 Å². The molecule has 38 heavy (non-hydrogen) atoms. The van der Waals surface area contributed by atoms with Gasteiger partial charge < -0.3 is 13.9 Å². The summed E-state index contributed by atoms with van der Waals surface area (Å²) in [7, 11) is 0. The van der Waals surface area contributed by atoms with Gasteiger partial charge in [-0.25, -0.2) is 4.39 Å². The number of nitrogens with zero attached hydrogens (tertiary/aromatic N) is 5. The van der Waals surface area contributed by atoms with Crippen molar-refractivity contribution in [2.45, 2.75) is 89.1 Å². The molecule has 0 saturated heterocycles. The summed E-state index contributed by atoms with van der Waals surface area (Å²) in [5, 5.41) is 8.25. The van der Waals surface area contributed by atoms with E-state index in [4.69, 9.17) is 9.05 Å². The molecule has 0 aliphatic heterocycles. The van der Waals surface area contributed by atoms with Crippen molar-refractivity contribution in [2.75, 3.05) is 11.4 Å². The number of anilines is 1. The standard InChI is InChI=1S/C29H34FN5O3/c30-29-16-28(17-29,18-29)27(36)35(12-3-1-2-7-25-31-23(33-37-25)13-19-8-9-19)22-6-4-5-21(15-22)26-32-24(34-38-26)14-20-10-11-20/h4-6,15,19-20H,1-3,7-14,16-18H2. The lowest BCUT2D eigenvalue weighted by Crippen LogP contribution is -2.70. The molecule has 8 rings (SSSR count). The Bertz CT molecular complexity index is 1310. The van der Waals surface area contributed by atoms with Gasteiger partial charge in [-0.2, -0.15) is 9.97 Å². The second kappa shape index (κ2) is 9.27. The largest absolute Gasteiger partial charge is 0.339 e. The maximum absolute atomic E-state index is 14.3. The number of aromatic nitrogens is 4. The van der Waals surface area contributed by atoms with E-state index in [-0.39, 0.29) is 5.91 Å². The minimum Gasteiger partial charge on any atom is -0.339 e. The number of carbonyl (C=O) groups excluding carboxylic acids is 1. The number of amides is 1. The monoisotopic (exact) mass is 519 g/mol. The minimum absolute atomic E-state index is 0.0377. The lowest BCUT2D eigenvalue weighted by Gasteiger charge is -2.65. The van der Waals surface area contributed by atoms with Gasteiger partial charge in [0.1, 0.15) is 5.67 Å². The Hall–Kier alpha value is -3.10. The Kier molecular flexibility index (Phi) is 5.85. The second-order valence-electron chi connectivity index (χ2n) is 12.2. The van der Waals surface area contributed by atoms with Gasteiger partial charge >= 0.3 is 0 Å². The SMILES string of the molecule is O=C(N(CCCCCc1nc(CC2CC2)no1)c1cccc(-c2nc(CC3CC3)no2)c1)C12CC(F)(C1)C2. The lowest BCUT2D eigenvalue weighted by molar-refractivity contribution is -0.211. The number of unbranched alkanes of at least 4 members (excludes halogenated alkanes) is 2. The van der Waals surface area contributed by atoms with E-state index >= 15 is 0 Å². The molecule has 2 aromatic heterocycles. The molecule has 8 nitrogen and oxygen atoms in total. The van der Waals surface area contributed by atoms with Crippen molar-refractivity contribution in [3.8, 4) is 11.5 Å². The number of aryl methyl sites for hydroxylation is 1. The third-order valence-electron chi connectivity index (χ3n) is 8.66. The number of carbonyl (C=O) groups is 1. The maximum Gasteiger partial charge on any atom is 0.257 e. The van der Waals surface area contributed by atoms with E-state index in [0.29, 0.717) is 43.5 Å². The number of benzene rings is 1. The number of hydrogen-bond acceptors (Lipinski definition) is 7. The molecule has 2 heterocycles. The van der Waals surface area contributed by atoms with Crippen molar-refractivity contribution in [1.82, 2.24) is 20.3 Å². The summed E-state index contributed by atoms with van der Waals surface area (Å²) in [5.74, 6) is 4.19. The summed E-state index contributed by atoms with van der Waals surface area (Å²) in [6, 6.07) is 7.74. The van der Waals surface area contributed by atoms with Crippen LogP contribution in [-0.2, 0) is 24.1 Å². The van der Waals surface area contributed by atoms with Gasteiger partial charge in [0, 0.05) is 37.1 Å². The molecule has 200 valence electrons. The smallest absolute Gasteiger partial charge is 0.257 e. The molecular formula is C29H34FN5O3. The molecule has 5 aliphatic carbocycles. The zero-order chi connectivity index (χ0) is 25.7. The first-order valence-corrected chi connectivity index (χ1v) is 14.2. The average molecular weight is 520 g/mol. The predicted molar refractivity (Wildman–Crippen MR) is 137 cm³/mol. The Balaban J connectivity index is 1.00. The average Bonchev–Trinajstić information content (AvgIpc) is 3.78. The predicted octanol–water partition coefficient (Wildman–Crippen LogP) is 5.66. The van der Waals surface area contributed by atoms with Gasteiger partial charge in [-0.05, 0) is 87.8 Å². The zero-order valence-corrected chi connectivity index (χ0v) is 21.7. The van der Waals surface area contributed by atoms with Crippen LogP contribution < -0.4 is 4.90 Å². The van der Waals surface area contributed by atoms with Gasteiger partial charge in [-0.1, -0.05) is 22.8 Å². The fraction of sp³-hybridized carbons (Fsp3) is 0.621. The van der Waals surface area contributed by atoms with Crippen molar-refractivity contribution < 1.29 is 18.2 Å². The van der Waals surface area contributed by atoms with Crippen molar-refractivity contribution in [3.05, 3.63) is 41.8 Å². The summed E-state index contributed by atoms with van der Waals surface area (Å²) in [5.41, 5.74) is -0.0525. The van der Waals surface area contributed by atoms with Crippen LogP contribution in [0.4, 0.5) is 10.1 Å². The maximum atomic E-state index is 14.3. The molecule has 9 heteroatoms. The van der Waals surface area contributed by atoms with Gasteiger partial charge in [-0.3, -0.25) is 4.79 Å². The van der Waals surface area contributed by atoms with Crippen LogP contribution >= 0.6 is 0 Å². The quantitative estimate of drug-likeness (QED) is 0.269. The summed E-state index contributed by atoms with van der Waals surface area (Å²) in [4.78, 5) is 24.6. The zero-order valence-electron chi connectivity index (χ0n) is 21.7. The van der Waals surface area contributed by atoms with Crippen LogP contribution in [0.2, 0.25) is 0 Å². The first-order valence-electron chi connectivity index (χ1n) is 14.2. The topological polar surface area (TPSA) is 98.2 Å². The molecule has 0 N–H and O–H groups in total. The van der Waals surface area contributed by atoms with Crippen molar-refractivity contribution in [2.24, 2.45) is 17.3 Å². The Morgan fingerprint density at radius 1 is 0.947 bits per heavy atom. The first kappa shape index (κ1) is 24.0. The highest BCUT2D eigenvalue weighted by molar-refractivity contribution is 6.00. The van der Waals surface area contributed by atoms with Crippen molar-refractivity contribution in [1.29, 1.82) is 0 Å². The number of alkyl halides is 1. The molecule has 5 aliphatic rings. The normalized spacial score (nSPS) is 25.6. The molecule has 5 saturated carbocycles. The van der Waals surface area contributed by atoms with Crippen LogP contribution in [0.1, 0.15) is 81.7 Å². The van der Waals surface area contributed by atoms with E-state index in [1.807, 2.05) is 29.2 Å². The van der Waals surface area contributed by atoms with E-state index in [2.05, 4.69) is 20.3 Å². The van der Waals surface area contributed by atoms with Crippen LogP contribution in [0.3, 0.4) is 0 Å². The van der Waals surface area contributed by atoms with E-state index < -0.39 is 11.1 Å². The third-order valence-corrected chi connectivity index (χ3v) is 8.66. The van der Waals surface area contributed by atoms with E-state index in [9.17, 15) is 9.18 Å². The summed E-state index contributed by atoms with van der Waals surface area (Å²) in [6.45, 7) is 0.580. The number of rotatable bonds is 13. The van der Waals surface area contributed by atoms with Crippen LogP contribution in [0.5, 0.6) is 0 Å². The molecule has 0 unspecified atom stereocenters. The van der Waals surface area contributed by atoms with Gasteiger partial charge in [0.2, 0.25) is 11.8 Å². The van der Waals surface area contributed by atoms with Crippen LogP contribution in [0, 0.1) is 17.3 Å². The highest BCUT2D eigenvalue weighted by atomic mass is 19.1. The van der Waals surface area contributed by atoms with E-state index in [0.717, 1.165) is 67.3 Å². The number of halogens is 1. The molecule has 1 amide bonds. The molecule has 3 aromatic rings. The van der Waals surface area contributed by atoms with Crippen molar-refractivity contribution in [3.63, 3.8) is 0 Å². The third kappa shape index (κ3) is 4.87. The molecule has 0 atom stereocenters. The Labute approximate surface area is 221 Å². The van der Waals surface area contributed by atoms with Crippen LogP contribution in [-0.4, -0.2) is 38.4 Å². The molecule has 1 aromatic carbocycles. The molecule has 2 bridgehead atoms. The Morgan fingerprint density at radius 3 is 2.37 bits per heavy atom. The van der Waals surface area contributed by atoms with E-state index in [1.54, 1.807) is 0 Å². The van der Waals surface area contributed by atoms with Crippen molar-refractivity contribution >= 4 is 11.6 Å². The summed E-state index contributed by atoms with van der Waals surface area (Å²) in [6.07, 6.45) is 11.3. The molecular weight excluding hydrogens is 485 g/mol. The van der Waals surface area contributed by atoms with Crippen LogP contribution in [0.15, 0.2) is 33.3 Å². The fourth-order valence-corrected chi connectivity index (χ4v) is 6.14. The van der Waals surface area contributed by atoms with Gasteiger partial charge in [0.15, 0.2) is 11.6 Å². The molecule has 0 radical (unpaired) electrons. The van der Waals surface area contributed by atoms with Gasteiger partial charge in [0.25, 0.3) is 5.89 Å². The Morgan fingerprint density at radius 2 is 1.66 bits per heavy atom. The first-order chi connectivity index (χ1) is 18.5. The lowest BCUT2D eigenvalue weighted by atomic mass is 9.42. The molecule has 5 fully saturated rings. The summed E-state index contributed by atoms with van der Waals surface area (Å²) < 4.78 is 25.2. The van der Waals surface area contributed by atoms with Gasteiger partial charge in [-0.15, -0.1) is 0 Å². The minimum atomic E-state index is -1.12.